The van der Waals surface area contributed by atoms with Gasteiger partial charge in [0.15, 0.2) is 0 Å². The fraction of sp³-hybridized carbons (Fsp3) is 0.250. The number of amides is 2. The molecule has 0 bridgehead atoms. The largest absolute Gasteiger partial charge is 0.481 e. The molecule has 0 spiro atoms. The van der Waals surface area contributed by atoms with Crippen molar-refractivity contribution < 1.29 is 29.0 Å². The van der Waals surface area contributed by atoms with E-state index in [1.807, 2.05) is 30.3 Å². The van der Waals surface area contributed by atoms with E-state index in [9.17, 15) is 19.2 Å². The lowest BCUT2D eigenvalue weighted by molar-refractivity contribution is -0.147. The van der Waals surface area contributed by atoms with Crippen molar-refractivity contribution in [2.45, 2.75) is 24.2 Å². The Kier molecular flexibility index (Phi) is 7.44. The van der Waals surface area contributed by atoms with E-state index < -0.39 is 34.6 Å². The van der Waals surface area contributed by atoms with Gasteiger partial charge in [0.2, 0.25) is 0 Å². The number of esters is 1. The van der Waals surface area contributed by atoms with Crippen LogP contribution < -0.4 is 4.90 Å². The lowest BCUT2D eigenvalue weighted by Gasteiger charge is -2.19. The molecule has 0 radical (unpaired) electrons. The molecule has 11 heteroatoms. The molecule has 1 saturated heterocycles. The van der Waals surface area contributed by atoms with Crippen molar-refractivity contribution in [2.24, 2.45) is 0 Å². The number of thiol groups is 1. The molecule has 35 heavy (non-hydrogen) atoms. The van der Waals surface area contributed by atoms with Crippen LogP contribution >= 0.6 is 36.0 Å². The lowest BCUT2D eigenvalue weighted by Crippen LogP contribution is -2.34. The molecule has 2 amide bonds. The summed E-state index contributed by atoms with van der Waals surface area (Å²) in [7, 11) is 0. The number of nitrogens with zero attached hydrogens (tertiary/aromatic N) is 2. The number of thioether (sulfide) groups is 1. The number of anilines is 1. The number of carbonyl (C=O) groups is 4. The second kappa shape index (κ2) is 10.3. The molecule has 2 aromatic rings. The van der Waals surface area contributed by atoms with Crippen LogP contribution in [0.15, 0.2) is 53.4 Å². The number of benzene rings is 2. The second-order valence-electron chi connectivity index (χ2n) is 7.89. The Balaban J connectivity index is 1.61. The topological polar surface area (TPSA) is 104 Å². The molecule has 0 aliphatic carbocycles. The Morgan fingerprint density at radius 3 is 2.57 bits per heavy atom. The maximum atomic E-state index is 13.5. The summed E-state index contributed by atoms with van der Waals surface area (Å²) >= 11 is 11.6. The van der Waals surface area contributed by atoms with Crippen molar-refractivity contribution in [1.29, 1.82) is 0 Å². The predicted octanol–water partition coefficient (Wildman–Crippen LogP) is 3.97. The Hall–Kier alpha value is -2.95. The highest BCUT2D eigenvalue weighted by Crippen LogP contribution is 2.47. The molecule has 0 saturated carbocycles. The molecule has 4 rings (SSSR count). The SMILES string of the molecule is C[C@@H](OC(=O)CN1C(=O)/C(=C2\SC(S)N(CCC(=O)O)C2=O)c2cc(Cl)ccc21)c1ccccc1. The van der Waals surface area contributed by atoms with Crippen LogP contribution in [0.3, 0.4) is 0 Å². The van der Waals surface area contributed by atoms with Crippen molar-refractivity contribution in [1.82, 2.24) is 4.90 Å². The number of ether oxygens (including phenoxy) is 1. The first-order valence-corrected chi connectivity index (χ1v) is 12.4. The third-order valence-corrected chi connectivity index (χ3v) is 7.49. The van der Waals surface area contributed by atoms with Crippen LogP contribution in [-0.4, -0.2) is 51.6 Å². The average Bonchev–Trinajstić information content (AvgIpc) is 3.24. The van der Waals surface area contributed by atoms with E-state index >= 15 is 0 Å². The molecule has 2 aliphatic rings. The van der Waals surface area contributed by atoms with Crippen molar-refractivity contribution in [3.8, 4) is 0 Å². The number of halogens is 1. The van der Waals surface area contributed by atoms with Gasteiger partial charge in [-0.05, 0) is 30.7 Å². The molecule has 0 aromatic heterocycles. The third-order valence-electron chi connectivity index (χ3n) is 5.58. The highest BCUT2D eigenvalue weighted by atomic mass is 35.5. The second-order valence-corrected chi connectivity index (χ2v) is 10.3. The van der Waals surface area contributed by atoms with E-state index in [0.717, 1.165) is 17.3 Å². The van der Waals surface area contributed by atoms with Crippen molar-refractivity contribution in [3.63, 3.8) is 0 Å². The summed E-state index contributed by atoms with van der Waals surface area (Å²) < 4.78 is 4.88. The van der Waals surface area contributed by atoms with Crippen LogP contribution in [0.25, 0.3) is 5.57 Å². The maximum Gasteiger partial charge on any atom is 0.326 e. The Morgan fingerprint density at radius 1 is 1.17 bits per heavy atom. The summed E-state index contributed by atoms with van der Waals surface area (Å²) in [5.41, 5.74) is 1.78. The van der Waals surface area contributed by atoms with E-state index in [2.05, 4.69) is 12.6 Å². The van der Waals surface area contributed by atoms with E-state index in [0.29, 0.717) is 16.3 Å². The fourth-order valence-corrected chi connectivity index (χ4v) is 5.66. The highest BCUT2D eigenvalue weighted by molar-refractivity contribution is 8.14. The Bertz CT molecular complexity index is 1240. The molecule has 2 aromatic carbocycles. The Labute approximate surface area is 216 Å². The molecular weight excluding hydrogens is 512 g/mol. The molecule has 182 valence electrons. The number of carboxylic acid groups (broad SMARTS) is 1. The number of carboxylic acids is 1. The molecule has 8 nitrogen and oxygen atoms in total. The standard InChI is InChI=1S/C24H21ClN2O6S2/c1-13(14-5-3-2-4-6-14)33-19(30)12-27-17-8-7-15(25)11-16(17)20(22(27)31)21-23(32)26(24(34)35-21)10-9-18(28)29/h2-8,11,13,24,34H,9-10,12H2,1H3,(H,28,29)/b21-20-/t13-,24?/m1/s1. The first-order valence-electron chi connectivity index (χ1n) is 10.7. The summed E-state index contributed by atoms with van der Waals surface area (Å²) in [6.45, 7) is 1.34. The van der Waals surface area contributed by atoms with Gasteiger partial charge in [0.1, 0.15) is 17.4 Å². The molecule has 1 unspecified atom stereocenters. The van der Waals surface area contributed by atoms with Crippen molar-refractivity contribution in [3.05, 3.63) is 69.6 Å². The number of carbonyl (C=O) groups excluding carboxylic acids is 3. The average molecular weight is 533 g/mol. The summed E-state index contributed by atoms with van der Waals surface area (Å²) in [6.07, 6.45) is -0.761. The molecule has 1 N–H and O–H groups in total. The minimum Gasteiger partial charge on any atom is -0.481 e. The van der Waals surface area contributed by atoms with Crippen LogP contribution in [0.5, 0.6) is 0 Å². The fourth-order valence-electron chi connectivity index (χ4n) is 3.88. The number of aliphatic carboxylic acids is 1. The molecule has 2 aliphatic heterocycles. The van der Waals surface area contributed by atoms with E-state index in [1.54, 1.807) is 25.1 Å². The summed E-state index contributed by atoms with van der Waals surface area (Å²) in [5.74, 6) is -2.69. The van der Waals surface area contributed by atoms with Gasteiger partial charge in [0.05, 0.1) is 22.6 Å². The smallest absolute Gasteiger partial charge is 0.326 e. The number of hydrogen-bond acceptors (Lipinski definition) is 7. The van der Waals surface area contributed by atoms with Gasteiger partial charge in [-0.1, -0.05) is 53.7 Å². The molecule has 1 fully saturated rings. The zero-order valence-corrected chi connectivity index (χ0v) is 21.0. The van der Waals surface area contributed by atoms with Gasteiger partial charge >= 0.3 is 11.9 Å². The first-order chi connectivity index (χ1) is 16.7. The number of rotatable bonds is 7. The van der Waals surface area contributed by atoms with Gasteiger partial charge in [-0.15, -0.1) is 12.6 Å². The highest BCUT2D eigenvalue weighted by Gasteiger charge is 2.43. The van der Waals surface area contributed by atoms with E-state index in [1.165, 1.54) is 9.80 Å². The van der Waals surface area contributed by atoms with Crippen molar-refractivity contribution in [2.75, 3.05) is 18.0 Å². The predicted molar refractivity (Wildman–Crippen MR) is 136 cm³/mol. The lowest BCUT2D eigenvalue weighted by atomic mass is 10.1. The van der Waals surface area contributed by atoms with Crippen LogP contribution in [0, 0.1) is 0 Å². The number of hydrogen-bond donors (Lipinski definition) is 2. The normalized spacial score (nSPS) is 20.3. The quantitative estimate of drug-likeness (QED) is 0.316. The van der Waals surface area contributed by atoms with Crippen LogP contribution in [0.4, 0.5) is 5.69 Å². The summed E-state index contributed by atoms with van der Waals surface area (Å²) in [5, 5.41) is 9.34. The zero-order valence-electron chi connectivity index (χ0n) is 18.5. The summed E-state index contributed by atoms with van der Waals surface area (Å²) in [6, 6.07) is 14.0. The third kappa shape index (κ3) is 5.19. The maximum absolute atomic E-state index is 13.5. The van der Waals surface area contributed by atoms with Crippen molar-refractivity contribution >= 4 is 71.0 Å². The first kappa shape index (κ1) is 25.2. The van der Waals surface area contributed by atoms with Crippen LogP contribution in [-0.2, 0) is 23.9 Å². The van der Waals surface area contributed by atoms with Gasteiger partial charge in [-0.25, -0.2) is 0 Å². The van der Waals surface area contributed by atoms with Gasteiger partial charge in [0, 0.05) is 17.1 Å². The molecule has 2 atom stereocenters. The van der Waals surface area contributed by atoms with E-state index in [-0.39, 0.29) is 30.0 Å². The molecule has 2 heterocycles. The van der Waals surface area contributed by atoms with Gasteiger partial charge < -0.3 is 14.7 Å². The van der Waals surface area contributed by atoms with Gasteiger partial charge in [-0.2, -0.15) is 0 Å². The minimum absolute atomic E-state index is 0.0455. The Morgan fingerprint density at radius 2 is 1.89 bits per heavy atom. The molecular formula is C24H21ClN2O6S2. The van der Waals surface area contributed by atoms with Gasteiger partial charge in [0.25, 0.3) is 11.8 Å². The zero-order chi connectivity index (χ0) is 25.3. The van der Waals surface area contributed by atoms with Crippen LogP contribution in [0.1, 0.15) is 30.6 Å². The monoisotopic (exact) mass is 532 g/mol. The number of fused-ring (bicyclic) bond motifs is 1. The van der Waals surface area contributed by atoms with Crippen LogP contribution in [0.2, 0.25) is 5.02 Å². The summed E-state index contributed by atoms with van der Waals surface area (Å²) in [4.78, 5) is 53.0. The minimum atomic E-state index is -1.05. The van der Waals surface area contributed by atoms with E-state index in [4.69, 9.17) is 21.4 Å². The van der Waals surface area contributed by atoms with Gasteiger partial charge in [-0.3, -0.25) is 24.1 Å².